The Morgan fingerprint density at radius 1 is 1.00 bits per heavy atom. The van der Waals surface area contributed by atoms with Crippen molar-refractivity contribution in [3.63, 3.8) is 0 Å². The van der Waals surface area contributed by atoms with Gasteiger partial charge in [0.15, 0.2) is 11.5 Å². The van der Waals surface area contributed by atoms with E-state index in [-0.39, 0.29) is 28.8 Å². The van der Waals surface area contributed by atoms with Gasteiger partial charge in [0, 0.05) is 44.5 Å². The van der Waals surface area contributed by atoms with Crippen LogP contribution in [-0.4, -0.2) is 71.8 Å². The Balaban J connectivity index is 1.78. The van der Waals surface area contributed by atoms with Crippen LogP contribution < -0.4 is 15.2 Å². The molecule has 0 saturated heterocycles. The quantitative estimate of drug-likeness (QED) is 0.338. The molecule has 0 aliphatic carbocycles. The molecule has 2 aromatic rings. The Morgan fingerprint density at radius 3 is 2.07 bits per heavy atom. The van der Waals surface area contributed by atoms with E-state index in [4.69, 9.17) is 15.2 Å². The van der Waals surface area contributed by atoms with Gasteiger partial charge in [-0.1, -0.05) is 19.1 Å². The minimum atomic E-state index is -4.61. The number of hydrogen-bond acceptors (Lipinski definition) is 7. The second-order valence-corrected chi connectivity index (χ2v) is 11.4. The van der Waals surface area contributed by atoms with Gasteiger partial charge in [-0.25, -0.2) is 9.59 Å². The molecule has 4 rings (SSSR count). The van der Waals surface area contributed by atoms with Crippen LogP contribution in [0.4, 0.5) is 13.2 Å². The molecule has 44 heavy (non-hydrogen) atoms. The first kappa shape index (κ1) is 32.9. The van der Waals surface area contributed by atoms with E-state index in [2.05, 4.69) is 4.90 Å². The van der Waals surface area contributed by atoms with Crippen LogP contribution in [0.5, 0.6) is 11.5 Å². The van der Waals surface area contributed by atoms with Gasteiger partial charge in [0.2, 0.25) is 0 Å². The van der Waals surface area contributed by atoms with Gasteiger partial charge < -0.3 is 30.3 Å². The Morgan fingerprint density at radius 2 is 1.57 bits per heavy atom. The van der Waals surface area contributed by atoms with Crippen molar-refractivity contribution in [3.8, 4) is 11.5 Å². The first-order chi connectivity index (χ1) is 20.6. The lowest BCUT2D eigenvalue weighted by Gasteiger charge is -2.43. The van der Waals surface area contributed by atoms with Crippen molar-refractivity contribution in [2.24, 2.45) is 5.73 Å². The number of nitrogens with zero attached hydrogens (tertiary/aromatic N) is 2. The molecule has 0 radical (unpaired) electrons. The molecule has 0 bridgehead atoms. The van der Waals surface area contributed by atoms with E-state index in [0.717, 1.165) is 41.8 Å². The highest BCUT2D eigenvalue weighted by Gasteiger charge is 2.45. The number of rotatable bonds is 10. The highest BCUT2D eigenvalue weighted by atomic mass is 19.4. The van der Waals surface area contributed by atoms with Crippen LogP contribution in [0.25, 0.3) is 0 Å². The number of halogens is 3. The van der Waals surface area contributed by atoms with Crippen LogP contribution in [0.2, 0.25) is 0 Å². The van der Waals surface area contributed by atoms with E-state index < -0.39 is 35.1 Å². The van der Waals surface area contributed by atoms with Crippen LogP contribution in [-0.2, 0) is 28.7 Å². The van der Waals surface area contributed by atoms with Crippen molar-refractivity contribution < 1.29 is 42.4 Å². The van der Waals surface area contributed by atoms with E-state index >= 15 is 0 Å². The van der Waals surface area contributed by atoms with Gasteiger partial charge in [-0.15, -0.1) is 0 Å². The zero-order chi connectivity index (χ0) is 32.6. The summed E-state index contributed by atoms with van der Waals surface area (Å²) in [6.07, 6.45) is -3.32. The number of fused-ring (bicyclic) bond motifs is 1. The summed E-state index contributed by atoms with van der Waals surface area (Å²) in [4.78, 5) is 29.4. The molecular weight excluding hydrogens is 579 g/mol. The van der Waals surface area contributed by atoms with Crippen molar-refractivity contribution in [2.45, 2.75) is 57.3 Å². The third-order valence-corrected chi connectivity index (χ3v) is 8.65. The summed E-state index contributed by atoms with van der Waals surface area (Å²) in [6, 6.07) is 7.84. The smallest absolute Gasteiger partial charge is 0.416 e. The van der Waals surface area contributed by atoms with Crippen molar-refractivity contribution in [2.75, 3.05) is 34.4 Å². The van der Waals surface area contributed by atoms with Gasteiger partial charge in [0.25, 0.3) is 0 Å². The summed E-state index contributed by atoms with van der Waals surface area (Å²) in [5.74, 6) is -2.85. The largest absolute Gasteiger partial charge is 0.493 e. The fourth-order valence-electron chi connectivity index (χ4n) is 6.17. The van der Waals surface area contributed by atoms with Crippen molar-refractivity contribution in [1.29, 1.82) is 0 Å². The predicted molar refractivity (Wildman–Crippen MR) is 157 cm³/mol. The Hall–Kier alpha value is -4.03. The van der Waals surface area contributed by atoms with Crippen LogP contribution in [0.1, 0.15) is 54.9 Å². The second kappa shape index (κ2) is 12.5. The molecule has 2 heterocycles. The number of carboxylic acids is 2. The van der Waals surface area contributed by atoms with Crippen molar-refractivity contribution in [3.05, 3.63) is 81.2 Å². The molecule has 9 nitrogen and oxygen atoms in total. The summed E-state index contributed by atoms with van der Waals surface area (Å²) in [7, 11) is 4.74. The molecule has 2 aromatic carbocycles. The first-order valence-corrected chi connectivity index (χ1v) is 14.2. The van der Waals surface area contributed by atoms with Crippen LogP contribution in [0, 0.1) is 0 Å². The number of benzene rings is 2. The Labute approximate surface area is 254 Å². The number of methoxy groups -OCH3 is 2. The van der Waals surface area contributed by atoms with E-state index in [0.29, 0.717) is 43.3 Å². The monoisotopic (exact) mass is 617 g/mol. The van der Waals surface area contributed by atoms with Crippen LogP contribution >= 0.6 is 0 Å². The van der Waals surface area contributed by atoms with Gasteiger partial charge in [0.1, 0.15) is 0 Å². The molecule has 2 atom stereocenters. The predicted octanol–water partition coefficient (Wildman–Crippen LogP) is 5.00. The summed E-state index contributed by atoms with van der Waals surface area (Å²) >= 11 is 0. The number of nitrogens with two attached hydrogens (primary N) is 1. The first-order valence-electron chi connectivity index (χ1n) is 14.2. The maximum Gasteiger partial charge on any atom is 0.416 e. The van der Waals surface area contributed by atoms with Crippen molar-refractivity contribution in [1.82, 2.24) is 9.80 Å². The zero-order valence-electron chi connectivity index (χ0n) is 25.4. The molecule has 2 aliphatic heterocycles. The number of ether oxygens (including phenoxy) is 2. The number of aliphatic carboxylic acids is 2. The molecule has 2 aliphatic rings. The highest BCUT2D eigenvalue weighted by Crippen LogP contribution is 2.46. The van der Waals surface area contributed by atoms with Crippen LogP contribution in [0.15, 0.2) is 58.9 Å². The molecule has 0 amide bonds. The third-order valence-electron chi connectivity index (χ3n) is 8.65. The molecule has 0 saturated carbocycles. The molecule has 0 aromatic heterocycles. The molecule has 238 valence electrons. The fourth-order valence-corrected chi connectivity index (χ4v) is 6.17. The lowest BCUT2D eigenvalue weighted by molar-refractivity contribution is -0.138. The SMILES string of the molecule is CCC(C)(N)C1=C(C(=O)O)C(c2ccc(C(F)(F)F)cc2)C(C(=O)O)=C(CCN2CCc3cc(OC)c(OC)cc3C2)N1C. The van der Waals surface area contributed by atoms with Gasteiger partial charge in [0.05, 0.1) is 42.4 Å². The van der Waals surface area contributed by atoms with Crippen molar-refractivity contribution >= 4 is 11.9 Å². The van der Waals surface area contributed by atoms with E-state index in [1.807, 2.05) is 12.1 Å². The third kappa shape index (κ3) is 6.27. The number of carbonyl (C=O) groups is 2. The number of likely N-dealkylation sites (N-methyl/N-ethyl adjacent to an activating group) is 1. The molecule has 4 N–H and O–H groups in total. The second-order valence-electron chi connectivity index (χ2n) is 11.4. The van der Waals surface area contributed by atoms with E-state index in [1.54, 1.807) is 40.0 Å². The lowest BCUT2D eigenvalue weighted by atomic mass is 9.75. The summed E-state index contributed by atoms with van der Waals surface area (Å²) < 4.78 is 50.9. The molecule has 2 unspecified atom stereocenters. The van der Waals surface area contributed by atoms with E-state index in [1.165, 1.54) is 0 Å². The zero-order valence-corrected chi connectivity index (χ0v) is 25.4. The van der Waals surface area contributed by atoms with Gasteiger partial charge in [-0.2, -0.15) is 13.2 Å². The average Bonchev–Trinajstić information content (AvgIpc) is 2.98. The topological polar surface area (TPSA) is 126 Å². The van der Waals surface area contributed by atoms with Gasteiger partial charge in [-0.05, 0) is 60.7 Å². The number of carboxylic acid groups (broad SMARTS) is 2. The summed E-state index contributed by atoms with van der Waals surface area (Å²) in [6.45, 7) is 5.16. The average molecular weight is 618 g/mol. The molecule has 0 spiro atoms. The highest BCUT2D eigenvalue weighted by molar-refractivity contribution is 5.98. The molecular formula is C32H38F3N3O6. The molecule has 0 fully saturated rings. The lowest BCUT2D eigenvalue weighted by Crippen LogP contribution is -2.49. The minimum Gasteiger partial charge on any atom is -0.493 e. The van der Waals surface area contributed by atoms with Gasteiger partial charge in [-0.3, -0.25) is 4.90 Å². The normalized spacial score (nSPS) is 19.0. The van der Waals surface area contributed by atoms with Gasteiger partial charge >= 0.3 is 18.1 Å². The minimum absolute atomic E-state index is 0.121. The fraction of sp³-hybridized carbons (Fsp3) is 0.438. The Kier molecular flexibility index (Phi) is 9.36. The maximum atomic E-state index is 13.4. The standard InChI is InChI=1S/C32H38F3N3O6/c1-6-31(2,36)28-27(30(41)42)25(18-7-9-21(10-8-18)32(33,34)35)26(29(39)40)22(37(28)3)12-14-38-13-11-19-15-23(43-4)24(44-5)16-20(19)17-38/h7-10,15-16,25H,6,11-14,17,36H2,1-5H3,(H,39,40)(H,41,42). The number of alkyl halides is 3. The van der Waals surface area contributed by atoms with Crippen LogP contribution in [0.3, 0.4) is 0 Å². The maximum absolute atomic E-state index is 13.4. The number of hydrogen-bond donors (Lipinski definition) is 3. The van der Waals surface area contributed by atoms with E-state index in [9.17, 15) is 33.0 Å². The molecule has 12 heteroatoms. The summed E-state index contributed by atoms with van der Waals surface area (Å²) in [5.41, 5.74) is 6.94. The summed E-state index contributed by atoms with van der Waals surface area (Å²) in [5, 5.41) is 20.9. The Bertz CT molecular complexity index is 1500.